The molecule has 0 aliphatic heterocycles. The molecule has 0 atom stereocenters. The lowest BCUT2D eigenvalue weighted by atomic mass is 9.81. The molecule has 250 valence electrons. The van der Waals surface area contributed by atoms with Gasteiger partial charge in [-0.05, 0) is 164 Å². The van der Waals surface area contributed by atoms with Crippen LogP contribution < -0.4 is 0 Å². The molecule has 51 heavy (non-hydrogen) atoms. The second-order valence-electron chi connectivity index (χ2n) is 14.7. The first-order valence-electron chi connectivity index (χ1n) is 18.4. The van der Waals surface area contributed by atoms with Crippen LogP contribution in [0.4, 0.5) is 0 Å². The van der Waals surface area contributed by atoms with E-state index in [1.807, 2.05) is 0 Å². The monoisotopic (exact) mass is 660 g/mol. The quantitative estimate of drug-likeness (QED) is 0.178. The molecular formula is C49H44N2. The van der Waals surface area contributed by atoms with Gasteiger partial charge in [0.1, 0.15) is 0 Å². The van der Waals surface area contributed by atoms with Crippen molar-refractivity contribution in [3.63, 3.8) is 0 Å². The largest absolute Gasteiger partial charge is 0.309 e. The van der Waals surface area contributed by atoms with Gasteiger partial charge in [0.05, 0.1) is 16.6 Å². The lowest BCUT2D eigenvalue weighted by molar-refractivity contribution is 0.964. The van der Waals surface area contributed by atoms with E-state index in [0.29, 0.717) is 0 Å². The maximum atomic E-state index is 2.52. The van der Waals surface area contributed by atoms with Gasteiger partial charge in [0.15, 0.2) is 0 Å². The molecule has 0 unspecified atom stereocenters. The molecule has 2 nitrogen and oxygen atoms in total. The van der Waals surface area contributed by atoms with Crippen molar-refractivity contribution in [3.05, 3.63) is 159 Å². The molecule has 8 aromatic rings. The van der Waals surface area contributed by atoms with Crippen LogP contribution in [0.1, 0.15) is 56.6 Å². The fraction of sp³-hybridized carbons (Fsp3) is 0.184. The molecule has 0 N–H and O–H groups in total. The van der Waals surface area contributed by atoms with Gasteiger partial charge in [-0.1, -0.05) is 78.9 Å². The van der Waals surface area contributed by atoms with Gasteiger partial charge in [-0.15, -0.1) is 0 Å². The second kappa shape index (κ2) is 11.7. The minimum absolute atomic E-state index is 1.09. The van der Waals surface area contributed by atoms with Crippen LogP contribution in [-0.2, 0) is 6.42 Å². The summed E-state index contributed by atoms with van der Waals surface area (Å²) in [6, 6.07) is 38.3. The molecule has 2 heterocycles. The van der Waals surface area contributed by atoms with Gasteiger partial charge in [-0.2, -0.15) is 0 Å². The predicted octanol–water partition coefficient (Wildman–Crippen LogP) is 13.2. The Morgan fingerprint density at radius 3 is 1.43 bits per heavy atom. The fourth-order valence-corrected chi connectivity index (χ4v) is 9.51. The Kier molecular flexibility index (Phi) is 7.23. The number of para-hydroxylation sites is 3. The third-order valence-electron chi connectivity index (χ3n) is 11.7. The Balaban J connectivity index is 1.29. The number of hydrogen-bond acceptors (Lipinski definition) is 0. The summed E-state index contributed by atoms with van der Waals surface area (Å²) in [5.74, 6) is 0. The van der Waals surface area contributed by atoms with E-state index in [2.05, 4.69) is 173 Å². The fourth-order valence-electron chi connectivity index (χ4n) is 9.51. The Bertz CT molecular complexity index is 2710. The summed E-state index contributed by atoms with van der Waals surface area (Å²) in [5.41, 5.74) is 23.7. The van der Waals surface area contributed by atoms with Crippen molar-refractivity contribution >= 4 is 38.8 Å². The second-order valence-corrected chi connectivity index (χ2v) is 14.7. The number of rotatable bonds is 4. The van der Waals surface area contributed by atoms with Crippen molar-refractivity contribution in [2.24, 2.45) is 0 Å². The molecule has 9 rings (SSSR count). The van der Waals surface area contributed by atoms with Crippen LogP contribution in [0, 0.1) is 48.5 Å². The molecule has 6 aromatic carbocycles. The van der Waals surface area contributed by atoms with E-state index < -0.39 is 0 Å². The topological polar surface area (TPSA) is 9.86 Å². The van der Waals surface area contributed by atoms with E-state index in [9.17, 15) is 0 Å². The first-order valence-corrected chi connectivity index (χ1v) is 18.4. The molecule has 0 radical (unpaired) electrons. The number of benzene rings is 6. The summed E-state index contributed by atoms with van der Waals surface area (Å²) in [7, 11) is 0. The van der Waals surface area contributed by atoms with Gasteiger partial charge >= 0.3 is 0 Å². The zero-order valence-corrected chi connectivity index (χ0v) is 30.8. The third-order valence-corrected chi connectivity index (χ3v) is 11.7. The maximum Gasteiger partial charge on any atom is 0.0541 e. The minimum atomic E-state index is 1.09. The number of hydrogen-bond donors (Lipinski definition) is 0. The van der Waals surface area contributed by atoms with Crippen LogP contribution in [0.25, 0.3) is 72.4 Å². The van der Waals surface area contributed by atoms with Gasteiger partial charge in [0.25, 0.3) is 0 Å². The standard InChI is InChI=1S/C49H44N2/c1-29-24-26-40(50-42-20-12-8-16-36(42)37-17-9-13-21-43(37)50)33(5)46(29)48-31(3)28-32(4)49(35(48)7)47-30(2)25-27-41(34(47)6)51-44-22-14-10-18-38(44)39-19-11-15-23-45(39)51/h8-10,12-18,20-28H,11,19H2,1-7H3. The smallest absolute Gasteiger partial charge is 0.0541 e. The summed E-state index contributed by atoms with van der Waals surface area (Å²) in [6.45, 7) is 16.2. The zero-order chi connectivity index (χ0) is 35.1. The molecule has 0 saturated carbocycles. The average molecular weight is 661 g/mol. The van der Waals surface area contributed by atoms with Crippen molar-refractivity contribution < 1.29 is 0 Å². The van der Waals surface area contributed by atoms with E-state index in [-0.39, 0.29) is 0 Å². The van der Waals surface area contributed by atoms with Crippen LogP contribution in [0.2, 0.25) is 0 Å². The van der Waals surface area contributed by atoms with Gasteiger partial charge in [-0.3, -0.25) is 0 Å². The van der Waals surface area contributed by atoms with E-state index in [4.69, 9.17) is 0 Å². The van der Waals surface area contributed by atoms with Crippen molar-refractivity contribution in [2.45, 2.75) is 61.3 Å². The summed E-state index contributed by atoms with van der Waals surface area (Å²) >= 11 is 0. The first kappa shape index (κ1) is 31.4. The molecule has 2 aromatic heterocycles. The van der Waals surface area contributed by atoms with E-state index in [0.717, 1.165) is 12.8 Å². The summed E-state index contributed by atoms with van der Waals surface area (Å²) < 4.78 is 4.98. The normalized spacial score (nSPS) is 12.8. The van der Waals surface area contributed by atoms with Crippen molar-refractivity contribution in [1.29, 1.82) is 0 Å². The summed E-state index contributed by atoms with van der Waals surface area (Å²) in [4.78, 5) is 0. The Morgan fingerprint density at radius 2 is 0.882 bits per heavy atom. The van der Waals surface area contributed by atoms with Crippen molar-refractivity contribution in [1.82, 2.24) is 9.13 Å². The Morgan fingerprint density at radius 1 is 0.431 bits per heavy atom. The molecule has 0 bridgehead atoms. The number of fused-ring (bicyclic) bond motifs is 6. The zero-order valence-electron chi connectivity index (χ0n) is 30.8. The molecule has 0 amide bonds. The van der Waals surface area contributed by atoms with Gasteiger partial charge in [0.2, 0.25) is 0 Å². The lowest BCUT2D eigenvalue weighted by Crippen LogP contribution is -2.06. The van der Waals surface area contributed by atoms with Crippen molar-refractivity contribution in [2.75, 3.05) is 0 Å². The van der Waals surface area contributed by atoms with Gasteiger partial charge in [-0.25, -0.2) is 0 Å². The summed E-state index contributed by atoms with van der Waals surface area (Å²) in [6.07, 6.45) is 6.86. The van der Waals surface area contributed by atoms with Gasteiger partial charge in [0, 0.05) is 33.2 Å². The Hall–Kier alpha value is -5.60. The minimum Gasteiger partial charge on any atom is -0.309 e. The molecule has 0 saturated heterocycles. The molecule has 1 aliphatic carbocycles. The van der Waals surface area contributed by atoms with E-state index >= 15 is 0 Å². The average Bonchev–Trinajstić information content (AvgIpc) is 3.64. The summed E-state index contributed by atoms with van der Waals surface area (Å²) in [5, 5.41) is 3.95. The number of aryl methyl sites for hydroxylation is 5. The molecule has 2 heteroatoms. The van der Waals surface area contributed by atoms with Gasteiger partial charge < -0.3 is 9.13 Å². The molecule has 0 fully saturated rings. The highest BCUT2D eigenvalue weighted by molar-refractivity contribution is 6.09. The SMILES string of the molecule is Cc1ccc(-n2c3c(c4ccccc42)CCC=C3)c(C)c1-c1c(C)cc(C)c(-c2c(C)ccc(-n3c4ccccc4c4ccccc43)c2C)c1C. The van der Waals surface area contributed by atoms with E-state index in [1.54, 1.807) is 0 Å². The predicted molar refractivity (Wildman–Crippen MR) is 219 cm³/mol. The highest BCUT2D eigenvalue weighted by Crippen LogP contribution is 2.45. The van der Waals surface area contributed by atoms with Crippen LogP contribution in [-0.4, -0.2) is 9.13 Å². The van der Waals surface area contributed by atoms with Crippen LogP contribution >= 0.6 is 0 Å². The highest BCUT2D eigenvalue weighted by Gasteiger charge is 2.25. The number of nitrogens with zero attached hydrogens (tertiary/aromatic N) is 2. The first-order chi connectivity index (χ1) is 24.8. The molecule has 1 aliphatic rings. The Labute approximate surface area is 301 Å². The maximum absolute atomic E-state index is 2.52. The number of aromatic nitrogens is 2. The van der Waals surface area contributed by atoms with E-state index in [1.165, 1.54) is 117 Å². The lowest BCUT2D eigenvalue weighted by Gasteiger charge is -2.25. The van der Waals surface area contributed by atoms with Crippen LogP contribution in [0.5, 0.6) is 0 Å². The van der Waals surface area contributed by atoms with Crippen LogP contribution in [0.3, 0.4) is 0 Å². The highest BCUT2D eigenvalue weighted by atomic mass is 15.0. The van der Waals surface area contributed by atoms with Crippen LogP contribution in [0.15, 0.2) is 109 Å². The molecular weight excluding hydrogens is 617 g/mol. The molecule has 0 spiro atoms. The third kappa shape index (κ3) is 4.55. The van der Waals surface area contributed by atoms with Crippen molar-refractivity contribution in [3.8, 4) is 33.6 Å². The number of allylic oxidation sites excluding steroid dienone is 1.